The topological polar surface area (TPSA) is 59.0 Å². The number of fused-ring (bicyclic) bond motifs is 1. The third kappa shape index (κ3) is 3.74. The molecule has 0 bridgehead atoms. The van der Waals surface area contributed by atoms with Gasteiger partial charge in [-0.15, -0.1) is 0 Å². The molecule has 4 rings (SSSR count). The van der Waals surface area contributed by atoms with Crippen LogP contribution in [0.15, 0.2) is 0 Å². The Bertz CT molecular complexity index is 810. The molecule has 0 radical (unpaired) electrons. The zero-order chi connectivity index (χ0) is 20.9. The van der Waals surface area contributed by atoms with Gasteiger partial charge in [0.2, 0.25) is 0 Å². The third-order valence-corrected chi connectivity index (χ3v) is 6.94. The molecule has 0 spiro atoms. The summed E-state index contributed by atoms with van der Waals surface area (Å²) in [5.41, 5.74) is 6.13. The first-order chi connectivity index (χ1) is 13.7. The Labute approximate surface area is 174 Å². The molecule has 0 amide bonds. The highest BCUT2D eigenvalue weighted by molar-refractivity contribution is 5.73. The number of piperidine rings is 1. The van der Waals surface area contributed by atoms with Crippen LogP contribution in [0.5, 0.6) is 5.75 Å². The van der Waals surface area contributed by atoms with Gasteiger partial charge in [-0.05, 0) is 58.1 Å². The lowest BCUT2D eigenvalue weighted by Gasteiger charge is -2.36. The first kappa shape index (κ1) is 20.5. The molecule has 5 nitrogen and oxygen atoms in total. The van der Waals surface area contributed by atoms with E-state index in [2.05, 4.69) is 39.5 Å². The van der Waals surface area contributed by atoms with E-state index >= 15 is 0 Å². The molecule has 29 heavy (non-hydrogen) atoms. The second-order valence-corrected chi connectivity index (χ2v) is 9.82. The Hall–Kier alpha value is -1.75. The van der Waals surface area contributed by atoms with Crippen molar-refractivity contribution < 1.29 is 19.4 Å². The van der Waals surface area contributed by atoms with Gasteiger partial charge < -0.3 is 19.5 Å². The van der Waals surface area contributed by atoms with E-state index in [9.17, 15) is 9.90 Å². The van der Waals surface area contributed by atoms with Crippen LogP contribution in [0, 0.1) is 13.8 Å². The lowest BCUT2D eigenvalue weighted by Crippen LogP contribution is -2.36. The van der Waals surface area contributed by atoms with E-state index in [4.69, 9.17) is 9.47 Å². The molecule has 2 saturated heterocycles. The highest BCUT2D eigenvalue weighted by atomic mass is 16.5. The van der Waals surface area contributed by atoms with Crippen molar-refractivity contribution in [1.82, 2.24) is 0 Å². The first-order valence-corrected chi connectivity index (χ1v) is 11.2. The van der Waals surface area contributed by atoms with Crippen molar-refractivity contribution in [2.45, 2.75) is 96.9 Å². The van der Waals surface area contributed by atoms with E-state index in [0.29, 0.717) is 6.42 Å². The number of esters is 1. The van der Waals surface area contributed by atoms with Gasteiger partial charge in [0.1, 0.15) is 17.5 Å². The smallest absolute Gasteiger partial charge is 0.308 e. The number of hydrogen-bond donors (Lipinski definition) is 1. The van der Waals surface area contributed by atoms with Gasteiger partial charge in [-0.1, -0.05) is 6.92 Å². The Morgan fingerprint density at radius 1 is 1.14 bits per heavy atom. The van der Waals surface area contributed by atoms with Crippen molar-refractivity contribution in [3.8, 4) is 5.75 Å². The maximum atomic E-state index is 12.0. The standard InChI is InChI=1S/C24H35NO4/c1-14-18-13-24(4,5)29-23(18)21(15(2)19-11-17(26)12-20(27)28-19)16(3)22(14)25-9-7-6-8-10-25/h15,17,19,26H,6-13H2,1-5H3/t15?,17-,19+/m1/s1. The zero-order valence-electron chi connectivity index (χ0n) is 18.5. The van der Waals surface area contributed by atoms with E-state index < -0.39 is 6.10 Å². The average molecular weight is 402 g/mol. The maximum Gasteiger partial charge on any atom is 0.308 e. The fourth-order valence-corrected chi connectivity index (χ4v) is 5.56. The van der Waals surface area contributed by atoms with E-state index in [0.717, 1.165) is 30.8 Å². The number of aliphatic hydroxyl groups is 1. The van der Waals surface area contributed by atoms with Crippen molar-refractivity contribution in [2.24, 2.45) is 0 Å². The highest BCUT2D eigenvalue weighted by Gasteiger charge is 2.40. The Morgan fingerprint density at radius 2 is 1.83 bits per heavy atom. The van der Waals surface area contributed by atoms with Crippen LogP contribution in [-0.4, -0.2) is 42.0 Å². The zero-order valence-corrected chi connectivity index (χ0v) is 18.5. The molecule has 3 heterocycles. The fraction of sp³-hybridized carbons (Fsp3) is 0.708. The summed E-state index contributed by atoms with van der Waals surface area (Å²) in [4.78, 5) is 14.5. The van der Waals surface area contributed by atoms with Gasteiger partial charge in [-0.25, -0.2) is 0 Å². The molecule has 3 aliphatic heterocycles. The predicted molar refractivity (Wildman–Crippen MR) is 114 cm³/mol. The fourth-order valence-electron chi connectivity index (χ4n) is 5.56. The minimum absolute atomic E-state index is 0.0271. The summed E-state index contributed by atoms with van der Waals surface area (Å²) in [6, 6.07) is 0. The van der Waals surface area contributed by atoms with Crippen LogP contribution in [0.2, 0.25) is 0 Å². The van der Waals surface area contributed by atoms with Crippen LogP contribution in [0.4, 0.5) is 5.69 Å². The molecule has 1 unspecified atom stereocenters. The molecule has 0 aromatic heterocycles. The second-order valence-electron chi connectivity index (χ2n) is 9.82. The Balaban J connectivity index is 1.82. The van der Waals surface area contributed by atoms with E-state index in [1.807, 2.05) is 0 Å². The summed E-state index contributed by atoms with van der Waals surface area (Å²) in [5.74, 6) is 0.648. The van der Waals surface area contributed by atoms with E-state index in [1.165, 1.54) is 41.6 Å². The molecule has 160 valence electrons. The van der Waals surface area contributed by atoms with Crippen LogP contribution in [0.3, 0.4) is 0 Å². The van der Waals surface area contributed by atoms with Crippen molar-refractivity contribution in [1.29, 1.82) is 0 Å². The number of rotatable bonds is 3. The minimum Gasteiger partial charge on any atom is -0.487 e. The van der Waals surface area contributed by atoms with Crippen LogP contribution in [-0.2, 0) is 16.0 Å². The molecular weight excluding hydrogens is 366 g/mol. The van der Waals surface area contributed by atoms with E-state index in [-0.39, 0.29) is 30.0 Å². The van der Waals surface area contributed by atoms with Gasteiger partial charge in [-0.3, -0.25) is 4.79 Å². The number of hydrogen-bond acceptors (Lipinski definition) is 5. The molecule has 3 aliphatic rings. The highest BCUT2D eigenvalue weighted by Crippen LogP contribution is 2.50. The lowest BCUT2D eigenvalue weighted by molar-refractivity contribution is -0.161. The van der Waals surface area contributed by atoms with Gasteiger partial charge in [0.25, 0.3) is 0 Å². The minimum atomic E-state index is -0.624. The number of carbonyl (C=O) groups excluding carboxylic acids is 1. The van der Waals surface area contributed by atoms with E-state index in [1.54, 1.807) is 0 Å². The molecule has 0 aliphatic carbocycles. The monoisotopic (exact) mass is 401 g/mol. The summed E-state index contributed by atoms with van der Waals surface area (Å²) in [6.07, 6.45) is 4.29. The van der Waals surface area contributed by atoms with Crippen LogP contribution < -0.4 is 9.64 Å². The number of aliphatic hydroxyl groups excluding tert-OH is 1. The molecule has 2 fully saturated rings. The lowest BCUT2D eigenvalue weighted by atomic mass is 9.82. The number of cyclic esters (lactones) is 1. The van der Waals surface area contributed by atoms with Crippen LogP contribution in [0.1, 0.15) is 81.0 Å². The molecule has 1 aromatic carbocycles. The van der Waals surface area contributed by atoms with Crippen molar-refractivity contribution >= 4 is 11.7 Å². The normalized spacial score (nSPS) is 27.2. The van der Waals surface area contributed by atoms with Gasteiger partial charge in [-0.2, -0.15) is 0 Å². The Kier molecular flexibility index (Phi) is 5.30. The predicted octanol–water partition coefficient (Wildman–Crippen LogP) is 4.18. The largest absolute Gasteiger partial charge is 0.487 e. The maximum absolute atomic E-state index is 12.0. The second kappa shape index (κ2) is 7.50. The van der Waals surface area contributed by atoms with Crippen molar-refractivity contribution in [2.75, 3.05) is 18.0 Å². The summed E-state index contributed by atoms with van der Waals surface area (Å²) < 4.78 is 12.2. The van der Waals surface area contributed by atoms with Crippen molar-refractivity contribution in [3.05, 3.63) is 22.3 Å². The van der Waals surface area contributed by atoms with Crippen LogP contribution >= 0.6 is 0 Å². The number of nitrogens with zero attached hydrogens (tertiary/aromatic N) is 1. The molecule has 1 aromatic rings. The summed E-state index contributed by atoms with van der Waals surface area (Å²) in [6.45, 7) is 13.0. The number of anilines is 1. The van der Waals surface area contributed by atoms with Gasteiger partial charge >= 0.3 is 5.97 Å². The third-order valence-electron chi connectivity index (χ3n) is 6.94. The summed E-state index contributed by atoms with van der Waals surface area (Å²) >= 11 is 0. The Morgan fingerprint density at radius 3 is 2.48 bits per heavy atom. The molecular formula is C24H35NO4. The SMILES string of the molecule is Cc1c2c(c(C(C)[C@@H]3C[C@@H](O)CC(=O)O3)c(C)c1N1CCCCC1)OC(C)(C)C2. The van der Waals surface area contributed by atoms with Gasteiger partial charge in [0.05, 0.1) is 12.5 Å². The number of ether oxygens (including phenoxy) is 2. The van der Waals surface area contributed by atoms with Gasteiger partial charge in [0, 0.05) is 48.7 Å². The molecule has 1 N–H and O–H groups in total. The average Bonchev–Trinajstić information content (AvgIpc) is 2.97. The quantitative estimate of drug-likeness (QED) is 0.770. The number of carbonyl (C=O) groups is 1. The number of benzene rings is 1. The van der Waals surface area contributed by atoms with Crippen molar-refractivity contribution in [3.63, 3.8) is 0 Å². The molecule has 3 atom stereocenters. The van der Waals surface area contributed by atoms with Gasteiger partial charge in [0.15, 0.2) is 0 Å². The summed E-state index contributed by atoms with van der Waals surface area (Å²) in [7, 11) is 0. The van der Waals surface area contributed by atoms with Crippen LogP contribution in [0.25, 0.3) is 0 Å². The summed E-state index contributed by atoms with van der Waals surface area (Å²) in [5, 5.41) is 10.2. The first-order valence-electron chi connectivity index (χ1n) is 11.2. The molecule has 0 saturated carbocycles. The molecule has 5 heteroatoms.